The number of nitrogens with one attached hydrogen (secondary N) is 1. The summed E-state index contributed by atoms with van der Waals surface area (Å²) in [7, 11) is 3.21. The summed E-state index contributed by atoms with van der Waals surface area (Å²) in [5.74, 6) is 1.56. The molecule has 24 heavy (non-hydrogen) atoms. The van der Waals surface area contributed by atoms with Crippen LogP contribution in [0.4, 0.5) is 0 Å². The third-order valence-electron chi connectivity index (χ3n) is 4.47. The zero-order valence-corrected chi connectivity index (χ0v) is 14.6. The minimum absolute atomic E-state index is 0.00556. The molecule has 1 N–H and O–H groups in total. The first-order valence-corrected chi connectivity index (χ1v) is 8.29. The number of carbonyl (C=O) groups is 2. The summed E-state index contributed by atoms with van der Waals surface area (Å²) in [6.07, 6.45) is 2.21. The molecule has 1 fully saturated rings. The van der Waals surface area contributed by atoms with Gasteiger partial charge in [-0.2, -0.15) is 0 Å². The SMILES string of the molecule is COc1ccc(CCNC(=O)C2CCN(C(C)=O)CC2)cc1OC. The molecule has 0 bridgehead atoms. The van der Waals surface area contributed by atoms with Crippen LogP contribution in [0.3, 0.4) is 0 Å². The Morgan fingerprint density at radius 1 is 1.17 bits per heavy atom. The van der Waals surface area contributed by atoms with Crippen molar-refractivity contribution in [2.75, 3.05) is 33.9 Å². The molecule has 0 aromatic heterocycles. The molecule has 0 spiro atoms. The maximum Gasteiger partial charge on any atom is 0.223 e. The summed E-state index contributed by atoms with van der Waals surface area (Å²) < 4.78 is 10.5. The van der Waals surface area contributed by atoms with Gasteiger partial charge in [-0.05, 0) is 37.0 Å². The van der Waals surface area contributed by atoms with Gasteiger partial charge in [-0.15, -0.1) is 0 Å². The van der Waals surface area contributed by atoms with Crippen molar-refractivity contribution in [2.24, 2.45) is 5.92 Å². The Morgan fingerprint density at radius 2 is 1.83 bits per heavy atom. The molecule has 1 aromatic rings. The van der Waals surface area contributed by atoms with Crippen molar-refractivity contribution < 1.29 is 19.1 Å². The van der Waals surface area contributed by atoms with Gasteiger partial charge in [0.1, 0.15) is 0 Å². The van der Waals surface area contributed by atoms with E-state index in [0.29, 0.717) is 31.1 Å². The summed E-state index contributed by atoms with van der Waals surface area (Å²) in [6.45, 7) is 3.50. The maximum absolute atomic E-state index is 12.2. The van der Waals surface area contributed by atoms with Crippen molar-refractivity contribution in [3.63, 3.8) is 0 Å². The van der Waals surface area contributed by atoms with Gasteiger partial charge in [-0.25, -0.2) is 0 Å². The van der Waals surface area contributed by atoms with Crippen LogP contribution in [0.25, 0.3) is 0 Å². The van der Waals surface area contributed by atoms with Crippen LogP contribution in [0.5, 0.6) is 11.5 Å². The fraction of sp³-hybridized carbons (Fsp3) is 0.556. The third-order valence-corrected chi connectivity index (χ3v) is 4.47. The molecule has 0 radical (unpaired) electrons. The summed E-state index contributed by atoms with van der Waals surface area (Å²) in [6, 6.07) is 5.77. The number of hydrogen-bond donors (Lipinski definition) is 1. The summed E-state index contributed by atoms with van der Waals surface area (Å²) in [5, 5.41) is 3.00. The molecule has 1 heterocycles. The van der Waals surface area contributed by atoms with E-state index in [1.807, 2.05) is 18.2 Å². The van der Waals surface area contributed by atoms with Crippen molar-refractivity contribution in [2.45, 2.75) is 26.2 Å². The second-order valence-corrected chi connectivity index (χ2v) is 6.01. The lowest BCUT2D eigenvalue weighted by Crippen LogP contribution is -2.42. The lowest BCUT2D eigenvalue weighted by atomic mass is 9.96. The number of ether oxygens (including phenoxy) is 2. The summed E-state index contributed by atoms with van der Waals surface area (Å²) >= 11 is 0. The van der Waals surface area contributed by atoms with Crippen molar-refractivity contribution in [3.8, 4) is 11.5 Å². The molecule has 0 saturated carbocycles. The number of piperidine rings is 1. The van der Waals surface area contributed by atoms with E-state index in [9.17, 15) is 9.59 Å². The highest BCUT2D eigenvalue weighted by atomic mass is 16.5. The topological polar surface area (TPSA) is 67.9 Å². The van der Waals surface area contributed by atoms with Gasteiger partial charge in [0.15, 0.2) is 11.5 Å². The molecule has 0 aliphatic carbocycles. The average Bonchev–Trinajstić information content (AvgIpc) is 2.61. The largest absolute Gasteiger partial charge is 0.493 e. The van der Waals surface area contributed by atoms with Crippen molar-refractivity contribution in [1.29, 1.82) is 0 Å². The second kappa shape index (κ2) is 8.57. The number of methoxy groups -OCH3 is 2. The average molecular weight is 334 g/mol. The van der Waals surface area contributed by atoms with Crippen LogP contribution in [0.1, 0.15) is 25.3 Å². The third kappa shape index (κ3) is 4.63. The van der Waals surface area contributed by atoms with Crippen molar-refractivity contribution in [1.82, 2.24) is 10.2 Å². The predicted molar refractivity (Wildman–Crippen MR) is 91.2 cm³/mol. The molecule has 1 aromatic carbocycles. The lowest BCUT2D eigenvalue weighted by molar-refractivity contribution is -0.133. The smallest absolute Gasteiger partial charge is 0.223 e. The number of amides is 2. The van der Waals surface area contributed by atoms with Gasteiger partial charge in [0.2, 0.25) is 11.8 Å². The molecular weight excluding hydrogens is 308 g/mol. The monoisotopic (exact) mass is 334 g/mol. The van der Waals surface area contributed by atoms with E-state index in [2.05, 4.69) is 5.32 Å². The normalized spacial score (nSPS) is 15.0. The van der Waals surface area contributed by atoms with Gasteiger partial charge >= 0.3 is 0 Å². The first-order valence-electron chi connectivity index (χ1n) is 8.29. The first-order chi connectivity index (χ1) is 11.5. The van der Waals surface area contributed by atoms with Crippen LogP contribution in [0.2, 0.25) is 0 Å². The molecule has 1 aliphatic heterocycles. The Balaban J connectivity index is 1.78. The van der Waals surface area contributed by atoms with E-state index in [0.717, 1.165) is 24.8 Å². The maximum atomic E-state index is 12.2. The van der Waals surface area contributed by atoms with Crippen LogP contribution >= 0.6 is 0 Å². The Labute approximate surface area is 143 Å². The quantitative estimate of drug-likeness (QED) is 0.858. The fourth-order valence-corrected chi connectivity index (χ4v) is 2.97. The number of rotatable bonds is 6. The number of nitrogens with zero attached hydrogens (tertiary/aromatic N) is 1. The van der Waals surface area contributed by atoms with Crippen LogP contribution in [-0.4, -0.2) is 50.6 Å². The van der Waals surface area contributed by atoms with E-state index in [-0.39, 0.29) is 17.7 Å². The number of benzene rings is 1. The van der Waals surface area contributed by atoms with Crippen LogP contribution in [0, 0.1) is 5.92 Å². The zero-order chi connectivity index (χ0) is 17.5. The van der Waals surface area contributed by atoms with Gasteiger partial charge in [0.25, 0.3) is 0 Å². The molecule has 6 nitrogen and oxygen atoms in total. The van der Waals surface area contributed by atoms with Gasteiger partial charge in [-0.3, -0.25) is 9.59 Å². The Morgan fingerprint density at radius 3 is 2.42 bits per heavy atom. The first kappa shape index (κ1) is 18.1. The number of hydrogen-bond acceptors (Lipinski definition) is 4. The van der Waals surface area contributed by atoms with E-state index >= 15 is 0 Å². The van der Waals surface area contributed by atoms with Crippen LogP contribution < -0.4 is 14.8 Å². The number of likely N-dealkylation sites (tertiary alicyclic amines) is 1. The zero-order valence-electron chi connectivity index (χ0n) is 14.6. The Bertz CT molecular complexity index is 580. The molecule has 1 aliphatic rings. The standard InChI is InChI=1S/C18H26N2O4/c1-13(21)20-10-7-15(8-11-20)18(22)19-9-6-14-4-5-16(23-2)17(12-14)24-3/h4-5,12,15H,6-11H2,1-3H3,(H,19,22). The lowest BCUT2D eigenvalue weighted by Gasteiger charge is -2.30. The van der Waals surface area contributed by atoms with Crippen molar-refractivity contribution >= 4 is 11.8 Å². The van der Waals surface area contributed by atoms with Crippen LogP contribution in [0.15, 0.2) is 18.2 Å². The van der Waals surface area contributed by atoms with E-state index in [1.54, 1.807) is 26.0 Å². The van der Waals surface area contributed by atoms with Crippen molar-refractivity contribution in [3.05, 3.63) is 23.8 Å². The second-order valence-electron chi connectivity index (χ2n) is 6.01. The molecule has 132 valence electrons. The molecule has 0 atom stereocenters. The molecule has 2 rings (SSSR count). The Kier molecular flexibility index (Phi) is 6.46. The minimum atomic E-state index is 0.00556. The Hall–Kier alpha value is -2.24. The highest BCUT2D eigenvalue weighted by Crippen LogP contribution is 2.27. The highest BCUT2D eigenvalue weighted by molar-refractivity contribution is 5.79. The fourth-order valence-electron chi connectivity index (χ4n) is 2.97. The molecule has 0 unspecified atom stereocenters. The van der Waals surface area contributed by atoms with Crippen LogP contribution in [-0.2, 0) is 16.0 Å². The molecule has 6 heteroatoms. The summed E-state index contributed by atoms with van der Waals surface area (Å²) in [5.41, 5.74) is 1.08. The van der Waals surface area contributed by atoms with Gasteiger partial charge in [-0.1, -0.05) is 6.07 Å². The predicted octanol–water partition coefficient (Wildman–Crippen LogP) is 1.62. The highest BCUT2D eigenvalue weighted by Gasteiger charge is 2.25. The summed E-state index contributed by atoms with van der Waals surface area (Å²) in [4.78, 5) is 25.3. The van der Waals surface area contributed by atoms with E-state index in [4.69, 9.17) is 9.47 Å². The van der Waals surface area contributed by atoms with Gasteiger partial charge in [0.05, 0.1) is 14.2 Å². The molecule has 2 amide bonds. The molecule has 1 saturated heterocycles. The number of carbonyl (C=O) groups excluding carboxylic acids is 2. The molecular formula is C18H26N2O4. The van der Waals surface area contributed by atoms with Gasteiger partial charge < -0.3 is 19.7 Å². The minimum Gasteiger partial charge on any atom is -0.493 e. The van der Waals surface area contributed by atoms with E-state index < -0.39 is 0 Å². The van der Waals surface area contributed by atoms with E-state index in [1.165, 1.54) is 0 Å². The van der Waals surface area contributed by atoms with Gasteiger partial charge in [0, 0.05) is 32.5 Å².